The van der Waals surface area contributed by atoms with E-state index in [1.165, 1.54) is 16.7 Å². The van der Waals surface area contributed by atoms with Gasteiger partial charge in [0.1, 0.15) is 6.04 Å². The van der Waals surface area contributed by atoms with Crippen LogP contribution < -0.4 is 0 Å². The molecular weight excluding hydrogens is 252 g/mol. The van der Waals surface area contributed by atoms with Crippen molar-refractivity contribution in [1.29, 1.82) is 0 Å². The SMILES string of the molecule is O=C(O)[C@@H]1CCCN1C(=O)CSc1ccncc1. The number of hydrogen-bond donors (Lipinski definition) is 1. The van der Waals surface area contributed by atoms with E-state index in [2.05, 4.69) is 4.98 Å². The lowest BCUT2D eigenvalue weighted by Gasteiger charge is -2.21. The molecule has 96 valence electrons. The van der Waals surface area contributed by atoms with Gasteiger partial charge in [0, 0.05) is 23.8 Å². The lowest BCUT2D eigenvalue weighted by molar-refractivity contribution is -0.147. The van der Waals surface area contributed by atoms with Crippen molar-refractivity contribution in [3.8, 4) is 0 Å². The Bertz CT molecular complexity index is 438. The Balaban J connectivity index is 1.90. The molecule has 0 bridgehead atoms. The third-order valence-corrected chi connectivity index (χ3v) is 3.87. The van der Waals surface area contributed by atoms with Gasteiger partial charge in [0.25, 0.3) is 0 Å². The molecule has 1 atom stereocenters. The predicted octanol–water partition coefficient (Wildman–Crippen LogP) is 1.25. The Labute approximate surface area is 109 Å². The topological polar surface area (TPSA) is 70.5 Å². The predicted molar refractivity (Wildman–Crippen MR) is 67.3 cm³/mol. The smallest absolute Gasteiger partial charge is 0.326 e. The Morgan fingerprint density at radius 3 is 2.83 bits per heavy atom. The summed E-state index contributed by atoms with van der Waals surface area (Å²) in [6.45, 7) is 0.548. The number of carbonyl (C=O) groups is 2. The maximum Gasteiger partial charge on any atom is 0.326 e. The number of nitrogens with zero attached hydrogens (tertiary/aromatic N) is 2. The lowest BCUT2D eigenvalue weighted by Crippen LogP contribution is -2.41. The van der Waals surface area contributed by atoms with Crippen LogP contribution in [0.3, 0.4) is 0 Å². The monoisotopic (exact) mass is 266 g/mol. The van der Waals surface area contributed by atoms with Gasteiger partial charge in [-0.3, -0.25) is 9.78 Å². The number of likely N-dealkylation sites (tertiary alicyclic amines) is 1. The van der Waals surface area contributed by atoms with Gasteiger partial charge in [-0.05, 0) is 25.0 Å². The number of aliphatic carboxylic acids is 1. The first-order chi connectivity index (χ1) is 8.68. The summed E-state index contributed by atoms with van der Waals surface area (Å²) in [5, 5.41) is 9.01. The van der Waals surface area contributed by atoms with E-state index in [9.17, 15) is 9.59 Å². The number of hydrogen-bond acceptors (Lipinski definition) is 4. The molecule has 2 heterocycles. The summed E-state index contributed by atoms with van der Waals surface area (Å²) in [7, 11) is 0. The number of aromatic nitrogens is 1. The van der Waals surface area contributed by atoms with Crippen LogP contribution in [0.4, 0.5) is 0 Å². The fourth-order valence-corrected chi connectivity index (χ4v) is 2.75. The molecule has 18 heavy (non-hydrogen) atoms. The molecule has 1 aromatic heterocycles. The van der Waals surface area contributed by atoms with Crippen molar-refractivity contribution in [2.45, 2.75) is 23.8 Å². The van der Waals surface area contributed by atoms with Crippen LogP contribution >= 0.6 is 11.8 Å². The highest BCUT2D eigenvalue weighted by Crippen LogP contribution is 2.21. The molecule has 0 aliphatic carbocycles. The number of carboxylic acid groups (broad SMARTS) is 1. The molecule has 1 saturated heterocycles. The van der Waals surface area contributed by atoms with Crippen LogP contribution in [0.5, 0.6) is 0 Å². The Kier molecular flexibility index (Phi) is 4.19. The van der Waals surface area contributed by atoms with E-state index >= 15 is 0 Å². The minimum atomic E-state index is -0.908. The summed E-state index contributed by atoms with van der Waals surface area (Å²) in [5.41, 5.74) is 0. The van der Waals surface area contributed by atoms with Gasteiger partial charge in [-0.2, -0.15) is 0 Å². The molecule has 0 saturated carbocycles. The molecule has 6 heteroatoms. The number of carboxylic acids is 1. The molecule has 1 amide bonds. The molecule has 1 aliphatic rings. The third-order valence-electron chi connectivity index (χ3n) is 2.87. The second kappa shape index (κ2) is 5.86. The molecule has 5 nitrogen and oxygen atoms in total. The van der Waals surface area contributed by atoms with Gasteiger partial charge in [0.2, 0.25) is 5.91 Å². The zero-order valence-electron chi connectivity index (χ0n) is 9.78. The second-order valence-electron chi connectivity index (χ2n) is 4.05. The van der Waals surface area contributed by atoms with E-state index in [1.54, 1.807) is 12.4 Å². The van der Waals surface area contributed by atoms with Crippen molar-refractivity contribution in [2.75, 3.05) is 12.3 Å². The van der Waals surface area contributed by atoms with E-state index in [0.717, 1.165) is 11.3 Å². The average Bonchev–Trinajstić information content (AvgIpc) is 2.86. The van der Waals surface area contributed by atoms with E-state index in [4.69, 9.17) is 5.11 Å². The van der Waals surface area contributed by atoms with Crippen molar-refractivity contribution in [1.82, 2.24) is 9.88 Å². The standard InChI is InChI=1S/C12H14N2O3S/c15-11(8-18-9-3-5-13-6-4-9)14-7-1-2-10(14)12(16)17/h3-6,10H,1-2,7-8H2,(H,16,17)/t10-/m0/s1. The zero-order valence-corrected chi connectivity index (χ0v) is 10.6. The van der Waals surface area contributed by atoms with E-state index in [-0.39, 0.29) is 11.7 Å². The minimum Gasteiger partial charge on any atom is -0.480 e. The van der Waals surface area contributed by atoms with Gasteiger partial charge in [0.05, 0.1) is 5.75 Å². The summed E-state index contributed by atoms with van der Waals surface area (Å²) in [5.74, 6) is -0.746. The molecule has 1 N–H and O–H groups in total. The summed E-state index contributed by atoms with van der Waals surface area (Å²) < 4.78 is 0. The molecule has 0 unspecified atom stereocenters. The normalized spacial score (nSPS) is 18.9. The summed E-state index contributed by atoms with van der Waals surface area (Å²) in [4.78, 5) is 29.3. The second-order valence-corrected chi connectivity index (χ2v) is 5.10. The van der Waals surface area contributed by atoms with Gasteiger partial charge in [-0.1, -0.05) is 0 Å². The van der Waals surface area contributed by atoms with Crippen molar-refractivity contribution in [2.24, 2.45) is 0 Å². The minimum absolute atomic E-state index is 0.110. The summed E-state index contributed by atoms with van der Waals surface area (Å²) >= 11 is 1.40. The third kappa shape index (κ3) is 3.01. The quantitative estimate of drug-likeness (QED) is 0.830. The van der Waals surface area contributed by atoms with Crippen LogP contribution in [-0.4, -0.2) is 45.2 Å². The van der Waals surface area contributed by atoms with E-state index in [0.29, 0.717) is 13.0 Å². The maximum absolute atomic E-state index is 12.0. The van der Waals surface area contributed by atoms with Crippen molar-refractivity contribution in [3.05, 3.63) is 24.5 Å². The first-order valence-corrected chi connectivity index (χ1v) is 6.72. The zero-order chi connectivity index (χ0) is 13.0. The van der Waals surface area contributed by atoms with Crippen LogP contribution in [0.2, 0.25) is 0 Å². The number of thioether (sulfide) groups is 1. The van der Waals surface area contributed by atoms with E-state index < -0.39 is 12.0 Å². The van der Waals surface area contributed by atoms with Gasteiger partial charge >= 0.3 is 5.97 Å². The molecule has 0 aromatic carbocycles. The first kappa shape index (κ1) is 12.9. The van der Waals surface area contributed by atoms with Crippen LogP contribution in [0.25, 0.3) is 0 Å². The molecule has 1 aliphatic heterocycles. The molecule has 1 aromatic rings. The van der Waals surface area contributed by atoms with Gasteiger partial charge in [-0.25, -0.2) is 4.79 Å². The Morgan fingerprint density at radius 2 is 2.17 bits per heavy atom. The van der Waals surface area contributed by atoms with Crippen molar-refractivity contribution in [3.63, 3.8) is 0 Å². The molecule has 0 spiro atoms. The molecule has 1 fully saturated rings. The number of pyridine rings is 1. The van der Waals surface area contributed by atoms with Gasteiger partial charge < -0.3 is 10.0 Å². The lowest BCUT2D eigenvalue weighted by atomic mass is 10.2. The molecule has 0 radical (unpaired) electrons. The van der Waals surface area contributed by atoms with Crippen LogP contribution in [0, 0.1) is 0 Å². The summed E-state index contributed by atoms with van der Waals surface area (Å²) in [6.07, 6.45) is 4.66. The fourth-order valence-electron chi connectivity index (χ4n) is 1.98. The highest BCUT2D eigenvalue weighted by Gasteiger charge is 2.33. The Morgan fingerprint density at radius 1 is 1.44 bits per heavy atom. The van der Waals surface area contributed by atoms with Crippen LogP contribution in [0.1, 0.15) is 12.8 Å². The first-order valence-electron chi connectivity index (χ1n) is 5.73. The van der Waals surface area contributed by atoms with E-state index in [1.807, 2.05) is 12.1 Å². The Hall–Kier alpha value is -1.56. The largest absolute Gasteiger partial charge is 0.480 e. The van der Waals surface area contributed by atoms with Crippen molar-refractivity contribution >= 4 is 23.6 Å². The molecular formula is C12H14N2O3S. The van der Waals surface area contributed by atoms with Gasteiger partial charge in [0.15, 0.2) is 0 Å². The number of rotatable bonds is 4. The molecule has 2 rings (SSSR count). The van der Waals surface area contributed by atoms with Crippen LogP contribution in [-0.2, 0) is 9.59 Å². The van der Waals surface area contributed by atoms with Crippen LogP contribution in [0.15, 0.2) is 29.4 Å². The maximum atomic E-state index is 12.0. The fraction of sp³-hybridized carbons (Fsp3) is 0.417. The van der Waals surface area contributed by atoms with Gasteiger partial charge in [-0.15, -0.1) is 11.8 Å². The highest BCUT2D eigenvalue weighted by atomic mass is 32.2. The highest BCUT2D eigenvalue weighted by molar-refractivity contribution is 8.00. The number of carbonyl (C=O) groups excluding carboxylic acids is 1. The van der Waals surface area contributed by atoms with Crippen molar-refractivity contribution < 1.29 is 14.7 Å². The average molecular weight is 266 g/mol. The number of amides is 1. The summed E-state index contributed by atoms with van der Waals surface area (Å²) in [6, 6.07) is 3.02.